The number of nitrogens with two attached hydrogens (primary N) is 1. The minimum absolute atomic E-state index is 0.477. The van der Waals surface area contributed by atoms with Crippen molar-refractivity contribution < 1.29 is 4.42 Å². The Kier molecular flexibility index (Phi) is 8.59. The predicted octanol–water partition coefficient (Wildman–Crippen LogP) is 3.35. The summed E-state index contributed by atoms with van der Waals surface area (Å²) in [7, 11) is 0. The molecule has 0 bridgehead atoms. The monoisotopic (exact) mass is 266 g/mol. The van der Waals surface area contributed by atoms with Crippen LogP contribution in [-0.2, 0) is 6.42 Å². The average Bonchev–Trinajstić information content (AvgIpc) is 2.88. The molecule has 0 saturated heterocycles. The van der Waals surface area contributed by atoms with Crippen LogP contribution in [0.5, 0.6) is 0 Å². The smallest absolute Gasteiger partial charge is 0.105 e. The van der Waals surface area contributed by atoms with Gasteiger partial charge in [-0.15, -0.1) is 0 Å². The standard InChI is InChI=1S/C16H30N2O/c1-3-6-15(9-10-17)7-4-11-18-14(2)13-16-8-5-12-19-16/h5,8,12,14-15,18H,3-4,6-7,9-11,13,17H2,1-2H3. The van der Waals surface area contributed by atoms with Crippen LogP contribution in [-0.4, -0.2) is 19.1 Å². The summed E-state index contributed by atoms with van der Waals surface area (Å²) in [5.74, 6) is 1.88. The predicted molar refractivity (Wildman–Crippen MR) is 81.2 cm³/mol. The maximum absolute atomic E-state index is 5.66. The lowest BCUT2D eigenvalue weighted by atomic mass is 9.94. The first-order chi connectivity index (χ1) is 9.26. The van der Waals surface area contributed by atoms with Gasteiger partial charge in [0, 0.05) is 12.5 Å². The van der Waals surface area contributed by atoms with E-state index in [0.717, 1.165) is 31.2 Å². The zero-order valence-electron chi connectivity index (χ0n) is 12.5. The molecule has 0 aliphatic heterocycles. The van der Waals surface area contributed by atoms with E-state index in [4.69, 9.17) is 10.2 Å². The minimum atomic E-state index is 0.477. The Morgan fingerprint density at radius 2 is 2.16 bits per heavy atom. The molecule has 110 valence electrons. The lowest BCUT2D eigenvalue weighted by molar-refractivity contribution is 0.392. The van der Waals surface area contributed by atoms with Crippen LogP contribution in [0.15, 0.2) is 22.8 Å². The largest absolute Gasteiger partial charge is 0.469 e. The molecule has 0 aliphatic rings. The SMILES string of the molecule is CCCC(CCN)CCCNC(C)Cc1ccco1. The number of nitrogens with one attached hydrogen (secondary N) is 1. The molecule has 1 aromatic heterocycles. The van der Waals surface area contributed by atoms with Gasteiger partial charge in [0.25, 0.3) is 0 Å². The molecule has 3 heteroatoms. The maximum atomic E-state index is 5.66. The fraction of sp³-hybridized carbons (Fsp3) is 0.750. The molecule has 3 N–H and O–H groups in total. The van der Waals surface area contributed by atoms with E-state index < -0.39 is 0 Å². The fourth-order valence-corrected chi connectivity index (χ4v) is 2.62. The first kappa shape index (κ1) is 16.3. The zero-order valence-corrected chi connectivity index (χ0v) is 12.5. The van der Waals surface area contributed by atoms with Gasteiger partial charge in [0.05, 0.1) is 6.26 Å². The van der Waals surface area contributed by atoms with Gasteiger partial charge >= 0.3 is 0 Å². The van der Waals surface area contributed by atoms with Crippen molar-refractivity contribution in [3.8, 4) is 0 Å². The van der Waals surface area contributed by atoms with Gasteiger partial charge in [0.15, 0.2) is 0 Å². The maximum Gasteiger partial charge on any atom is 0.105 e. The third-order valence-electron chi connectivity index (χ3n) is 3.64. The highest BCUT2D eigenvalue weighted by Crippen LogP contribution is 2.16. The summed E-state index contributed by atoms with van der Waals surface area (Å²) >= 11 is 0. The highest BCUT2D eigenvalue weighted by Gasteiger charge is 2.08. The molecule has 0 spiro atoms. The average molecular weight is 266 g/mol. The second kappa shape index (κ2) is 10.0. The van der Waals surface area contributed by atoms with Gasteiger partial charge in [0.1, 0.15) is 5.76 Å². The normalized spacial score (nSPS) is 14.5. The molecule has 0 radical (unpaired) electrons. The molecule has 0 aromatic carbocycles. The third-order valence-corrected chi connectivity index (χ3v) is 3.64. The van der Waals surface area contributed by atoms with Crippen molar-refractivity contribution in [3.05, 3.63) is 24.2 Å². The molecular weight excluding hydrogens is 236 g/mol. The summed E-state index contributed by atoms with van der Waals surface area (Å²) in [5, 5.41) is 3.57. The summed E-state index contributed by atoms with van der Waals surface area (Å²) < 4.78 is 5.36. The molecule has 19 heavy (non-hydrogen) atoms. The van der Waals surface area contributed by atoms with Crippen molar-refractivity contribution in [2.45, 2.75) is 58.4 Å². The van der Waals surface area contributed by atoms with Gasteiger partial charge < -0.3 is 15.5 Å². The summed E-state index contributed by atoms with van der Waals surface area (Å²) in [6.45, 7) is 6.39. The van der Waals surface area contributed by atoms with Crippen LogP contribution < -0.4 is 11.1 Å². The van der Waals surface area contributed by atoms with E-state index in [2.05, 4.69) is 19.2 Å². The van der Waals surface area contributed by atoms with E-state index in [-0.39, 0.29) is 0 Å². The Balaban J connectivity index is 2.08. The molecular formula is C16H30N2O. The van der Waals surface area contributed by atoms with E-state index in [1.54, 1.807) is 6.26 Å². The zero-order chi connectivity index (χ0) is 13.9. The Morgan fingerprint density at radius 3 is 2.79 bits per heavy atom. The Morgan fingerprint density at radius 1 is 1.32 bits per heavy atom. The van der Waals surface area contributed by atoms with Crippen molar-refractivity contribution in [1.29, 1.82) is 0 Å². The van der Waals surface area contributed by atoms with Crippen LogP contribution in [0.4, 0.5) is 0 Å². The summed E-state index contributed by atoms with van der Waals surface area (Å²) in [4.78, 5) is 0. The minimum Gasteiger partial charge on any atom is -0.469 e. The molecule has 1 heterocycles. The molecule has 0 fully saturated rings. The number of furan rings is 1. The van der Waals surface area contributed by atoms with Crippen LogP contribution >= 0.6 is 0 Å². The van der Waals surface area contributed by atoms with Gasteiger partial charge in [-0.1, -0.05) is 19.8 Å². The first-order valence-electron chi connectivity index (χ1n) is 7.72. The molecule has 0 aliphatic carbocycles. The Labute approximate surface area is 117 Å². The Bertz CT molecular complexity index is 292. The highest BCUT2D eigenvalue weighted by atomic mass is 16.3. The van der Waals surface area contributed by atoms with Crippen molar-refractivity contribution in [3.63, 3.8) is 0 Å². The van der Waals surface area contributed by atoms with Gasteiger partial charge in [-0.3, -0.25) is 0 Å². The van der Waals surface area contributed by atoms with E-state index >= 15 is 0 Å². The number of hydrogen-bond donors (Lipinski definition) is 2. The molecule has 0 saturated carbocycles. The molecule has 1 rings (SSSR count). The second-order valence-corrected chi connectivity index (χ2v) is 5.51. The number of rotatable bonds is 11. The highest BCUT2D eigenvalue weighted by molar-refractivity contribution is 4.99. The molecule has 1 aromatic rings. The van der Waals surface area contributed by atoms with Crippen molar-refractivity contribution >= 4 is 0 Å². The molecule has 2 unspecified atom stereocenters. The van der Waals surface area contributed by atoms with Crippen LogP contribution in [0.2, 0.25) is 0 Å². The van der Waals surface area contributed by atoms with E-state index in [1.807, 2.05) is 12.1 Å². The van der Waals surface area contributed by atoms with Gasteiger partial charge in [0.2, 0.25) is 0 Å². The van der Waals surface area contributed by atoms with Crippen LogP contribution in [0.1, 0.15) is 51.7 Å². The molecule has 3 nitrogen and oxygen atoms in total. The summed E-state index contributed by atoms with van der Waals surface area (Å²) in [6, 6.07) is 4.46. The van der Waals surface area contributed by atoms with Crippen LogP contribution in [0, 0.1) is 5.92 Å². The lowest BCUT2D eigenvalue weighted by Gasteiger charge is -2.16. The topological polar surface area (TPSA) is 51.2 Å². The van der Waals surface area contributed by atoms with E-state index in [0.29, 0.717) is 6.04 Å². The quantitative estimate of drug-likeness (QED) is 0.604. The van der Waals surface area contributed by atoms with E-state index in [1.165, 1.54) is 32.1 Å². The second-order valence-electron chi connectivity index (χ2n) is 5.51. The van der Waals surface area contributed by atoms with Crippen molar-refractivity contribution in [1.82, 2.24) is 5.32 Å². The summed E-state index contributed by atoms with van der Waals surface area (Å²) in [6.07, 6.45) is 9.01. The van der Waals surface area contributed by atoms with Crippen molar-refractivity contribution in [2.75, 3.05) is 13.1 Å². The fourth-order valence-electron chi connectivity index (χ4n) is 2.62. The van der Waals surface area contributed by atoms with Crippen LogP contribution in [0.25, 0.3) is 0 Å². The number of hydrogen-bond acceptors (Lipinski definition) is 3. The van der Waals surface area contributed by atoms with Crippen LogP contribution in [0.3, 0.4) is 0 Å². The van der Waals surface area contributed by atoms with Crippen molar-refractivity contribution in [2.24, 2.45) is 11.7 Å². The Hall–Kier alpha value is -0.800. The van der Waals surface area contributed by atoms with E-state index in [9.17, 15) is 0 Å². The third kappa shape index (κ3) is 7.38. The van der Waals surface area contributed by atoms with Gasteiger partial charge in [-0.25, -0.2) is 0 Å². The molecule has 2 atom stereocenters. The summed E-state index contributed by atoms with van der Waals surface area (Å²) in [5.41, 5.74) is 5.66. The first-order valence-corrected chi connectivity index (χ1v) is 7.72. The molecule has 0 amide bonds. The lowest BCUT2D eigenvalue weighted by Crippen LogP contribution is -2.29. The van der Waals surface area contributed by atoms with Gasteiger partial charge in [-0.05, 0) is 57.3 Å². The van der Waals surface area contributed by atoms with Gasteiger partial charge in [-0.2, -0.15) is 0 Å².